The minimum absolute atomic E-state index is 0.0647. The first kappa shape index (κ1) is 20.5. The number of carbonyl (C=O) groups excluding carboxylic acids is 3. The second-order valence-corrected chi connectivity index (χ2v) is 8.24. The fourth-order valence-electron chi connectivity index (χ4n) is 3.63. The van der Waals surface area contributed by atoms with E-state index in [2.05, 4.69) is 0 Å². The van der Waals surface area contributed by atoms with Crippen LogP contribution in [0.25, 0.3) is 0 Å². The van der Waals surface area contributed by atoms with Crippen molar-refractivity contribution in [2.24, 2.45) is 0 Å². The number of rotatable bonds is 6. The van der Waals surface area contributed by atoms with Crippen LogP contribution in [0.5, 0.6) is 0 Å². The molecule has 2 heterocycles. The zero-order valence-electron chi connectivity index (χ0n) is 16.6. The summed E-state index contributed by atoms with van der Waals surface area (Å²) in [5.41, 5.74) is 1.70. The van der Waals surface area contributed by atoms with Crippen LogP contribution in [0.3, 0.4) is 0 Å². The predicted molar refractivity (Wildman–Crippen MR) is 117 cm³/mol. The highest BCUT2D eigenvalue weighted by Crippen LogP contribution is 2.28. The number of imide groups is 1. The van der Waals surface area contributed by atoms with Gasteiger partial charge in [-0.2, -0.15) is 5.26 Å². The molecule has 0 radical (unpaired) electrons. The lowest BCUT2D eigenvalue weighted by molar-refractivity contribution is -0.138. The Balaban J connectivity index is 1.61. The van der Waals surface area contributed by atoms with E-state index in [1.165, 1.54) is 16.2 Å². The molecule has 1 aliphatic heterocycles. The molecule has 1 aliphatic rings. The van der Waals surface area contributed by atoms with Crippen molar-refractivity contribution in [3.8, 4) is 6.07 Å². The van der Waals surface area contributed by atoms with Crippen LogP contribution in [0.2, 0.25) is 0 Å². The molecule has 1 aromatic heterocycles. The summed E-state index contributed by atoms with van der Waals surface area (Å²) in [4.78, 5) is 42.8. The van der Waals surface area contributed by atoms with E-state index < -0.39 is 11.9 Å². The Labute approximate surface area is 183 Å². The maximum absolute atomic E-state index is 13.2. The zero-order valence-corrected chi connectivity index (χ0v) is 17.4. The first-order chi connectivity index (χ1) is 15.1. The van der Waals surface area contributed by atoms with Gasteiger partial charge in [0, 0.05) is 4.88 Å². The fourth-order valence-corrected chi connectivity index (χ4v) is 4.33. The van der Waals surface area contributed by atoms with Gasteiger partial charge in [-0.3, -0.25) is 14.4 Å². The Kier molecular flexibility index (Phi) is 5.92. The maximum atomic E-state index is 13.2. The molecule has 3 aromatic rings. The minimum Gasteiger partial charge on any atom is -0.325 e. The van der Waals surface area contributed by atoms with Gasteiger partial charge < -0.3 is 4.90 Å². The Morgan fingerprint density at radius 2 is 1.81 bits per heavy atom. The molecule has 0 aliphatic carbocycles. The van der Waals surface area contributed by atoms with Crippen LogP contribution in [0, 0.1) is 11.3 Å². The van der Waals surface area contributed by atoms with E-state index in [1.807, 2.05) is 53.9 Å². The first-order valence-electron chi connectivity index (χ1n) is 9.79. The van der Waals surface area contributed by atoms with Gasteiger partial charge in [-0.15, -0.1) is 11.3 Å². The van der Waals surface area contributed by atoms with Crippen molar-refractivity contribution in [2.75, 3.05) is 4.90 Å². The average molecular weight is 430 g/mol. The quantitative estimate of drug-likeness (QED) is 0.562. The average Bonchev–Trinajstić information content (AvgIpc) is 3.40. The number of benzene rings is 2. The summed E-state index contributed by atoms with van der Waals surface area (Å²) in [7, 11) is 0. The smallest absolute Gasteiger partial charge is 0.257 e. The van der Waals surface area contributed by atoms with Gasteiger partial charge in [0.05, 0.1) is 36.7 Å². The topological polar surface area (TPSA) is 81.5 Å². The number of carbonyl (C=O) groups is 3. The molecule has 1 saturated heterocycles. The van der Waals surface area contributed by atoms with E-state index in [0.717, 1.165) is 15.3 Å². The van der Waals surface area contributed by atoms with Crippen LogP contribution >= 0.6 is 11.3 Å². The van der Waals surface area contributed by atoms with E-state index in [9.17, 15) is 14.4 Å². The van der Waals surface area contributed by atoms with Crippen LogP contribution in [0.1, 0.15) is 22.4 Å². The van der Waals surface area contributed by atoms with Crippen molar-refractivity contribution < 1.29 is 14.4 Å². The van der Waals surface area contributed by atoms with E-state index >= 15 is 0 Å². The summed E-state index contributed by atoms with van der Waals surface area (Å²) >= 11 is 1.50. The lowest BCUT2D eigenvalue weighted by Gasteiger charge is -2.27. The van der Waals surface area contributed by atoms with Gasteiger partial charge in [-0.05, 0) is 41.3 Å². The number of amides is 3. The van der Waals surface area contributed by atoms with Gasteiger partial charge in [0.2, 0.25) is 11.8 Å². The van der Waals surface area contributed by atoms with Crippen molar-refractivity contribution >= 4 is 34.7 Å². The second kappa shape index (κ2) is 8.94. The third kappa shape index (κ3) is 4.39. The standard InChI is InChI=1S/C24H19N3O3S/c25-15-18-8-10-19(11-9-18)27-23(29)14-21(24(27)30)26(16-20-7-4-12-31-20)22(28)13-17-5-2-1-3-6-17/h1-12,21H,13-14,16H2. The van der Waals surface area contributed by atoms with Crippen LogP contribution < -0.4 is 4.90 Å². The lowest BCUT2D eigenvalue weighted by Crippen LogP contribution is -2.45. The van der Waals surface area contributed by atoms with Gasteiger partial charge in [0.25, 0.3) is 5.91 Å². The van der Waals surface area contributed by atoms with Crippen molar-refractivity contribution in [2.45, 2.75) is 25.4 Å². The van der Waals surface area contributed by atoms with E-state index in [4.69, 9.17) is 5.26 Å². The Morgan fingerprint density at radius 3 is 2.45 bits per heavy atom. The molecule has 1 fully saturated rings. The van der Waals surface area contributed by atoms with Gasteiger partial charge in [0.1, 0.15) is 6.04 Å². The fraction of sp³-hybridized carbons (Fsp3) is 0.167. The molecule has 2 aromatic carbocycles. The van der Waals surface area contributed by atoms with Crippen molar-refractivity contribution in [1.82, 2.24) is 4.90 Å². The van der Waals surface area contributed by atoms with E-state index in [1.54, 1.807) is 24.3 Å². The van der Waals surface area contributed by atoms with E-state index in [-0.39, 0.29) is 31.2 Å². The molecule has 6 nitrogen and oxygen atoms in total. The van der Waals surface area contributed by atoms with Crippen LogP contribution in [-0.4, -0.2) is 28.7 Å². The van der Waals surface area contributed by atoms with Gasteiger partial charge >= 0.3 is 0 Å². The number of nitriles is 1. The van der Waals surface area contributed by atoms with E-state index in [0.29, 0.717) is 11.3 Å². The molecule has 3 amide bonds. The van der Waals surface area contributed by atoms with Crippen molar-refractivity contribution in [1.29, 1.82) is 5.26 Å². The highest BCUT2D eigenvalue weighted by atomic mass is 32.1. The van der Waals surface area contributed by atoms with Crippen LogP contribution in [0.15, 0.2) is 72.1 Å². The molecule has 0 spiro atoms. The van der Waals surface area contributed by atoms with Gasteiger partial charge in [0.15, 0.2) is 0 Å². The number of nitrogens with zero attached hydrogens (tertiary/aromatic N) is 3. The Bertz CT molecular complexity index is 1140. The van der Waals surface area contributed by atoms with Crippen molar-refractivity contribution in [3.05, 3.63) is 88.1 Å². The highest BCUT2D eigenvalue weighted by molar-refractivity contribution is 7.09. The summed E-state index contributed by atoms with van der Waals surface area (Å²) in [5.74, 6) is -0.983. The van der Waals surface area contributed by atoms with Gasteiger partial charge in [-0.1, -0.05) is 36.4 Å². The number of anilines is 1. The molecule has 1 unspecified atom stereocenters. The number of hydrogen-bond acceptors (Lipinski definition) is 5. The molecule has 4 rings (SSSR count). The Morgan fingerprint density at radius 1 is 1.06 bits per heavy atom. The Hall–Kier alpha value is -3.76. The number of hydrogen-bond donors (Lipinski definition) is 0. The monoisotopic (exact) mass is 429 g/mol. The lowest BCUT2D eigenvalue weighted by atomic mass is 10.1. The molecule has 154 valence electrons. The molecule has 1 atom stereocenters. The molecular weight excluding hydrogens is 410 g/mol. The minimum atomic E-state index is -0.860. The molecular formula is C24H19N3O3S. The summed E-state index contributed by atoms with van der Waals surface area (Å²) in [6, 6.07) is 20.6. The third-order valence-electron chi connectivity index (χ3n) is 5.18. The number of thiophene rings is 1. The second-order valence-electron chi connectivity index (χ2n) is 7.21. The molecule has 0 bridgehead atoms. The van der Waals surface area contributed by atoms with Crippen LogP contribution in [-0.2, 0) is 27.3 Å². The molecule has 0 N–H and O–H groups in total. The summed E-state index contributed by atoms with van der Waals surface area (Å²) in [6.07, 6.45) is 0.0891. The third-order valence-corrected chi connectivity index (χ3v) is 6.04. The molecule has 7 heteroatoms. The summed E-state index contributed by atoms with van der Waals surface area (Å²) < 4.78 is 0. The van der Waals surface area contributed by atoms with Crippen molar-refractivity contribution in [3.63, 3.8) is 0 Å². The summed E-state index contributed by atoms with van der Waals surface area (Å²) in [6.45, 7) is 0.272. The van der Waals surface area contributed by atoms with Crippen LogP contribution in [0.4, 0.5) is 5.69 Å². The molecule has 31 heavy (non-hydrogen) atoms. The molecule has 0 saturated carbocycles. The predicted octanol–water partition coefficient (Wildman–Crippen LogP) is 3.52. The summed E-state index contributed by atoms with van der Waals surface area (Å²) in [5, 5.41) is 10.9. The largest absolute Gasteiger partial charge is 0.325 e. The SMILES string of the molecule is N#Cc1ccc(N2C(=O)CC(N(Cc3cccs3)C(=O)Cc3ccccc3)C2=O)cc1. The first-order valence-corrected chi connectivity index (χ1v) is 10.7. The maximum Gasteiger partial charge on any atom is 0.257 e. The normalized spacial score (nSPS) is 15.7. The van der Waals surface area contributed by atoms with Gasteiger partial charge in [-0.25, -0.2) is 4.90 Å². The highest BCUT2D eigenvalue weighted by Gasteiger charge is 2.44. The zero-order chi connectivity index (χ0) is 21.8.